The summed E-state index contributed by atoms with van der Waals surface area (Å²) in [6.45, 7) is 2.12. The Balaban J connectivity index is 2.08. The molecular weight excluding hydrogens is 198 g/mol. The summed E-state index contributed by atoms with van der Waals surface area (Å²) in [7, 11) is 0. The molecule has 1 aliphatic carbocycles. The van der Waals surface area contributed by atoms with E-state index in [0.717, 1.165) is 31.2 Å². The molecule has 0 aromatic heterocycles. The van der Waals surface area contributed by atoms with Crippen LogP contribution < -0.4 is 5.73 Å². The number of Topliss-reactive ketones (excluding diaryl/α,β-unsaturated/α-hetero) is 1. The number of hydrogen-bond acceptors (Lipinski definition) is 2. The van der Waals surface area contributed by atoms with Gasteiger partial charge in [-0.2, -0.15) is 0 Å². The molecular formula is C14H19NO. The standard InChI is InChI=1S/C14H19NO/c1-2-10-3-5-11(6-4-10)14(16)12-7-8-13(15)9-12/h3-6,12-13H,2,7-9,15H2,1H3. The first kappa shape index (κ1) is 11.3. The Morgan fingerprint density at radius 1 is 1.31 bits per heavy atom. The maximum Gasteiger partial charge on any atom is 0.166 e. The monoisotopic (exact) mass is 217 g/mol. The predicted molar refractivity (Wildman–Crippen MR) is 65.5 cm³/mol. The van der Waals surface area contributed by atoms with E-state index in [4.69, 9.17) is 5.73 Å². The maximum atomic E-state index is 12.1. The van der Waals surface area contributed by atoms with E-state index >= 15 is 0 Å². The number of nitrogens with two attached hydrogens (primary N) is 1. The first-order valence-electron chi connectivity index (χ1n) is 6.09. The maximum absolute atomic E-state index is 12.1. The summed E-state index contributed by atoms with van der Waals surface area (Å²) in [4.78, 5) is 12.1. The smallest absolute Gasteiger partial charge is 0.166 e. The summed E-state index contributed by atoms with van der Waals surface area (Å²) >= 11 is 0. The molecule has 2 unspecified atom stereocenters. The van der Waals surface area contributed by atoms with Crippen LogP contribution in [0.15, 0.2) is 24.3 Å². The van der Waals surface area contributed by atoms with Crippen molar-refractivity contribution in [3.8, 4) is 0 Å². The van der Waals surface area contributed by atoms with Gasteiger partial charge in [0, 0.05) is 17.5 Å². The molecule has 2 N–H and O–H groups in total. The third kappa shape index (κ3) is 2.33. The molecule has 2 nitrogen and oxygen atoms in total. The summed E-state index contributed by atoms with van der Waals surface area (Å²) in [5.41, 5.74) is 7.96. The second-order valence-electron chi connectivity index (χ2n) is 4.68. The van der Waals surface area contributed by atoms with Crippen molar-refractivity contribution in [2.24, 2.45) is 11.7 Å². The Morgan fingerprint density at radius 3 is 2.50 bits per heavy atom. The molecule has 1 aliphatic rings. The van der Waals surface area contributed by atoms with E-state index in [1.165, 1.54) is 5.56 Å². The summed E-state index contributed by atoms with van der Waals surface area (Å²) in [6.07, 6.45) is 3.82. The molecule has 1 saturated carbocycles. The van der Waals surface area contributed by atoms with Gasteiger partial charge < -0.3 is 5.73 Å². The number of benzene rings is 1. The first-order chi connectivity index (χ1) is 7.70. The van der Waals surface area contributed by atoms with Gasteiger partial charge >= 0.3 is 0 Å². The highest BCUT2D eigenvalue weighted by molar-refractivity contribution is 5.98. The number of carbonyl (C=O) groups excluding carboxylic acids is 1. The van der Waals surface area contributed by atoms with Gasteiger partial charge in [0.2, 0.25) is 0 Å². The number of rotatable bonds is 3. The second-order valence-corrected chi connectivity index (χ2v) is 4.68. The fourth-order valence-electron chi connectivity index (χ4n) is 2.39. The van der Waals surface area contributed by atoms with Crippen LogP contribution in [-0.4, -0.2) is 11.8 Å². The molecule has 0 radical (unpaired) electrons. The molecule has 0 heterocycles. The van der Waals surface area contributed by atoms with E-state index in [2.05, 4.69) is 6.92 Å². The van der Waals surface area contributed by atoms with Gasteiger partial charge in [-0.25, -0.2) is 0 Å². The lowest BCUT2D eigenvalue weighted by Crippen LogP contribution is -2.18. The van der Waals surface area contributed by atoms with E-state index in [0.29, 0.717) is 0 Å². The van der Waals surface area contributed by atoms with Crippen LogP contribution in [-0.2, 0) is 6.42 Å². The van der Waals surface area contributed by atoms with Gasteiger partial charge in [0.05, 0.1) is 0 Å². The van der Waals surface area contributed by atoms with Gasteiger partial charge in [-0.15, -0.1) is 0 Å². The third-order valence-corrected chi connectivity index (χ3v) is 3.49. The lowest BCUT2D eigenvalue weighted by Gasteiger charge is -2.08. The molecule has 0 amide bonds. The number of carbonyl (C=O) groups is 1. The van der Waals surface area contributed by atoms with Crippen LogP contribution >= 0.6 is 0 Å². The van der Waals surface area contributed by atoms with Crippen LogP contribution in [0.4, 0.5) is 0 Å². The molecule has 2 heteroatoms. The average molecular weight is 217 g/mol. The summed E-state index contributed by atoms with van der Waals surface area (Å²) in [5.74, 6) is 0.429. The minimum Gasteiger partial charge on any atom is -0.328 e. The van der Waals surface area contributed by atoms with Crippen LogP contribution in [0.2, 0.25) is 0 Å². The minimum atomic E-state index is 0.155. The summed E-state index contributed by atoms with van der Waals surface area (Å²) in [6, 6.07) is 8.21. The predicted octanol–water partition coefficient (Wildman–Crippen LogP) is 2.56. The molecule has 1 aromatic rings. The Kier molecular flexibility index (Phi) is 3.39. The molecule has 2 atom stereocenters. The van der Waals surface area contributed by atoms with Crippen molar-refractivity contribution in [1.82, 2.24) is 0 Å². The van der Waals surface area contributed by atoms with Crippen molar-refractivity contribution in [3.63, 3.8) is 0 Å². The zero-order chi connectivity index (χ0) is 11.5. The van der Waals surface area contributed by atoms with E-state index in [9.17, 15) is 4.79 Å². The SMILES string of the molecule is CCc1ccc(C(=O)C2CCC(N)C2)cc1. The molecule has 0 aliphatic heterocycles. The topological polar surface area (TPSA) is 43.1 Å². The normalized spacial score (nSPS) is 24.6. The number of aryl methyl sites for hydroxylation is 1. The highest BCUT2D eigenvalue weighted by atomic mass is 16.1. The van der Waals surface area contributed by atoms with E-state index < -0.39 is 0 Å². The molecule has 0 bridgehead atoms. The Hall–Kier alpha value is -1.15. The molecule has 1 fully saturated rings. The average Bonchev–Trinajstić information content (AvgIpc) is 2.75. The van der Waals surface area contributed by atoms with Crippen LogP contribution in [0, 0.1) is 5.92 Å². The minimum absolute atomic E-state index is 0.155. The highest BCUT2D eigenvalue weighted by Crippen LogP contribution is 2.27. The number of hydrogen-bond donors (Lipinski definition) is 1. The van der Waals surface area contributed by atoms with Gasteiger partial charge in [-0.3, -0.25) is 4.79 Å². The Morgan fingerprint density at radius 2 is 2.00 bits per heavy atom. The fraction of sp³-hybridized carbons (Fsp3) is 0.500. The summed E-state index contributed by atoms with van der Waals surface area (Å²) in [5, 5.41) is 0. The van der Waals surface area contributed by atoms with Gasteiger partial charge in [-0.05, 0) is 31.2 Å². The molecule has 1 aromatic carbocycles. The van der Waals surface area contributed by atoms with Crippen molar-refractivity contribution in [2.45, 2.75) is 38.6 Å². The molecule has 0 saturated heterocycles. The van der Waals surface area contributed by atoms with Crippen molar-refractivity contribution < 1.29 is 4.79 Å². The van der Waals surface area contributed by atoms with Crippen molar-refractivity contribution >= 4 is 5.78 Å². The second kappa shape index (κ2) is 4.79. The van der Waals surface area contributed by atoms with Crippen LogP contribution in [0.3, 0.4) is 0 Å². The van der Waals surface area contributed by atoms with Crippen molar-refractivity contribution in [2.75, 3.05) is 0 Å². The van der Waals surface area contributed by atoms with Crippen molar-refractivity contribution in [1.29, 1.82) is 0 Å². The van der Waals surface area contributed by atoms with Gasteiger partial charge in [0.1, 0.15) is 0 Å². The van der Waals surface area contributed by atoms with E-state index in [1.807, 2.05) is 24.3 Å². The van der Waals surface area contributed by atoms with Gasteiger partial charge in [0.25, 0.3) is 0 Å². The van der Waals surface area contributed by atoms with E-state index in [-0.39, 0.29) is 17.7 Å². The molecule has 86 valence electrons. The van der Waals surface area contributed by atoms with E-state index in [1.54, 1.807) is 0 Å². The molecule has 2 rings (SSSR count). The zero-order valence-electron chi connectivity index (χ0n) is 9.78. The highest BCUT2D eigenvalue weighted by Gasteiger charge is 2.28. The zero-order valence-corrected chi connectivity index (χ0v) is 9.78. The molecule has 16 heavy (non-hydrogen) atoms. The largest absolute Gasteiger partial charge is 0.328 e. The fourth-order valence-corrected chi connectivity index (χ4v) is 2.39. The number of ketones is 1. The van der Waals surface area contributed by atoms with Gasteiger partial charge in [0.15, 0.2) is 5.78 Å². The molecule has 0 spiro atoms. The van der Waals surface area contributed by atoms with Crippen LogP contribution in [0.25, 0.3) is 0 Å². The van der Waals surface area contributed by atoms with Crippen LogP contribution in [0.1, 0.15) is 42.1 Å². The summed E-state index contributed by atoms with van der Waals surface area (Å²) < 4.78 is 0. The van der Waals surface area contributed by atoms with Crippen LogP contribution in [0.5, 0.6) is 0 Å². The Bertz CT molecular complexity index is 369. The first-order valence-corrected chi connectivity index (χ1v) is 6.09. The quantitative estimate of drug-likeness (QED) is 0.791. The van der Waals surface area contributed by atoms with Gasteiger partial charge in [-0.1, -0.05) is 31.2 Å². The lowest BCUT2D eigenvalue weighted by molar-refractivity contribution is 0.0922. The Labute approximate surface area is 96.8 Å². The van der Waals surface area contributed by atoms with Crippen molar-refractivity contribution in [3.05, 3.63) is 35.4 Å². The third-order valence-electron chi connectivity index (χ3n) is 3.49. The lowest BCUT2D eigenvalue weighted by atomic mass is 9.95.